The maximum atomic E-state index is 12.1. The van der Waals surface area contributed by atoms with E-state index in [2.05, 4.69) is 15.3 Å². The zero-order valence-electron chi connectivity index (χ0n) is 12.4. The van der Waals surface area contributed by atoms with Crippen molar-refractivity contribution < 1.29 is 9.90 Å². The molecule has 5 nitrogen and oxygen atoms in total. The van der Waals surface area contributed by atoms with Crippen molar-refractivity contribution in [2.24, 2.45) is 0 Å². The molecule has 0 saturated heterocycles. The van der Waals surface area contributed by atoms with Crippen molar-refractivity contribution in [1.82, 2.24) is 15.3 Å². The van der Waals surface area contributed by atoms with Crippen LogP contribution < -0.4 is 5.32 Å². The van der Waals surface area contributed by atoms with Gasteiger partial charge in [-0.2, -0.15) is 0 Å². The number of amides is 1. The average Bonchev–Trinajstić information content (AvgIpc) is 2.95. The maximum absolute atomic E-state index is 12.1. The number of imidazole rings is 1. The monoisotopic (exact) mass is 287 g/mol. The number of rotatable bonds is 6. The molecule has 0 atom stereocenters. The quantitative estimate of drug-likeness (QED) is 0.761. The summed E-state index contributed by atoms with van der Waals surface area (Å²) in [5.74, 6) is 0.595. The predicted molar refractivity (Wildman–Crippen MR) is 80.8 cm³/mol. The molecule has 0 radical (unpaired) electrons. The smallest absolute Gasteiger partial charge is 0.251 e. The van der Waals surface area contributed by atoms with Crippen LogP contribution in [0.1, 0.15) is 42.0 Å². The molecule has 0 aliphatic rings. The summed E-state index contributed by atoms with van der Waals surface area (Å²) in [6.07, 6.45) is 4.77. The summed E-state index contributed by atoms with van der Waals surface area (Å²) < 4.78 is 0. The molecule has 0 fully saturated rings. The molecular weight excluding hydrogens is 266 g/mol. The highest BCUT2D eigenvalue weighted by molar-refractivity contribution is 5.94. The number of aromatic amines is 1. The van der Waals surface area contributed by atoms with Gasteiger partial charge in [0.1, 0.15) is 5.82 Å². The van der Waals surface area contributed by atoms with Gasteiger partial charge in [0.25, 0.3) is 5.91 Å². The van der Waals surface area contributed by atoms with Crippen molar-refractivity contribution in [2.45, 2.75) is 38.8 Å². The van der Waals surface area contributed by atoms with E-state index in [4.69, 9.17) is 0 Å². The second-order valence-electron chi connectivity index (χ2n) is 5.73. The highest BCUT2D eigenvalue weighted by atomic mass is 16.3. The van der Waals surface area contributed by atoms with E-state index < -0.39 is 5.60 Å². The average molecular weight is 287 g/mol. The van der Waals surface area contributed by atoms with Crippen LogP contribution in [0.3, 0.4) is 0 Å². The fourth-order valence-electron chi connectivity index (χ4n) is 1.98. The van der Waals surface area contributed by atoms with Crippen molar-refractivity contribution in [3.63, 3.8) is 0 Å². The summed E-state index contributed by atoms with van der Waals surface area (Å²) >= 11 is 0. The number of nitrogens with zero attached hydrogens (tertiary/aromatic N) is 1. The van der Waals surface area contributed by atoms with Gasteiger partial charge in [0.2, 0.25) is 0 Å². The van der Waals surface area contributed by atoms with E-state index in [9.17, 15) is 9.90 Å². The van der Waals surface area contributed by atoms with Crippen molar-refractivity contribution >= 4 is 5.91 Å². The number of hydrogen-bond acceptors (Lipinski definition) is 3. The SMILES string of the molecule is CC(C)(O)CCc1cccc(C(=O)NCc2ncc[nH]2)c1. The second-order valence-corrected chi connectivity index (χ2v) is 5.73. The standard InChI is InChI=1S/C16H21N3O2/c1-16(2,21)7-6-12-4-3-5-13(10-12)15(20)19-11-14-17-8-9-18-14/h3-5,8-10,21H,6-7,11H2,1-2H3,(H,17,18)(H,19,20). The minimum atomic E-state index is -0.697. The third-order valence-electron chi connectivity index (χ3n) is 3.19. The summed E-state index contributed by atoms with van der Waals surface area (Å²) in [7, 11) is 0. The van der Waals surface area contributed by atoms with Gasteiger partial charge in [0.15, 0.2) is 0 Å². The molecule has 0 spiro atoms. The Morgan fingerprint density at radius 2 is 2.24 bits per heavy atom. The number of nitrogens with one attached hydrogen (secondary N) is 2. The molecule has 2 rings (SSSR count). The Morgan fingerprint density at radius 3 is 2.90 bits per heavy atom. The zero-order valence-corrected chi connectivity index (χ0v) is 12.4. The number of hydrogen-bond donors (Lipinski definition) is 3. The summed E-state index contributed by atoms with van der Waals surface area (Å²) in [5, 5.41) is 12.6. The fraction of sp³-hybridized carbons (Fsp3) is 0.375. The molecule has 0 unspecified atom stereocenters. The topological polar surface area (TPSA) is 78.0 Å². The Bertz CT molecular complexity index is 586. The van der Waals surface area contributed by atoms with E-state index in [0.29, 0.717) is 18.5 Å². The van der Waals surface area contributed by atoms with Crippen LogP contribution >= 0.6 is 0 Å². The first-order chi connectivity index (χ1) is 9.94. The van der Waals surface area contributed by atoms with Crippen LogP contribution in [-0.4, -0.2) is 26.6 Å². The first-order valence-electron chi connectivity index (χ1n) is 7.02. The first kappa shape index (κ1) is 15.3. The molecule has 1 amide bonds. The van der Waals surface area contributed by atoms with Crippen molar-refractivity contribution in [1.29, 1.82) is 0 Å². The molecule has 1 heterocycles. The Morgan fingerprint density at radius 1 is 1.43 bits per heavy atom. The molecular formula is C16H21N3O2. The molecule has 2 aromatic rings. The van der Waals surface area contributed by atoms with Crippen LogP contribution in [0.4, 0.5) is 0 Å². The van der Waals surface area contributed by atoms with Crippen molar-refractivity contribution in [2.75, 3.05) is 0 Å². The van der Waals surface area contributed by atoms with Crippen LogP contribution in [0, 0.1) is 0 Å². The lowest BCUT2D eigenvalue weighted by Gasteiger charge is -2.16. The van der Waals surface area contributed by atoms with Crippen LogP contribution in [-0.2, 0) is 13.0 Å². The minimum Gasteiger partial charge on any atom is -0.390 e. The number of carbonyl (C=O) groups is 1. The number of carbonyl (C=O) groups excluding carboxylic acids is 1. The summed E-state index contributed by atoms with van der Waals surface area (Å²) in [4.78, 5) is 19.1. The van der Waals surface area contributed by atoms with E-state index in [-0.39, 0.29) is 5.91 Å². The van der Waals surface area contributed by atoms with Gasteiger partial charge in [-0.1, -0.05) is 12.1 Å². The van der Waals surface area contributed by atoms with Crippen molar-refractivity contribution in [3.8, 4) is 0 Å². The first-order valence-corrected chi connectivity index (χ1v) is 7.02. The second kappa shape index (κ2) is 6.54. The molecule has 0 aliphatic heterocycles. The van der Waals surface area contributed by atoms with E-state index in [1.54, 1.807) is 32.3 Å². The van der Waals surface area contributed by atoms with Gasteiger partial charge in [-0.15, -0.1) is 0 Å². The Balaban J connectivity index is 1.94. The number of aryl methyl sites for hydroxylation is 1. The highest BCUT2D eigenvalue weighted by Crippen LogP contribution is 2.14. The molecule has 21 heavy (non-hydrogen) atoms. The van der Waals surface area contributed by atoms with Gasteiger partial charge in [0, 0.05) is 18.0 Å². The van der Waals surface area contributed by atoms with E-state index >= 15 is 0 Å². The molecule has 1 aromatic carbocycles. The molecule has 5 heteroatoms. The fourth-order valence-corrected chi connectivity index (χ4v) is 1.98. The Hall–Kier alpha value is -2.14. The Kier molecular flexibility index (Phi) is 4.75. The molecule has 0 aliphatic carbocycles. The summed E-state index contributed by atoms with van der Waals surface area (Å²) in [5.41, 5.74) is 0.968. The molecule has 3 N–H and O–H groups in total. The number of benzene rings is 1. The molecule has 1 aromatic heterocycles. The highest BCUT2D eigenvalue weighted by Gasteiger charge is 2.13. The predicted octanol–water partition coefficient (Wildman–Crippen LogP) is 2.04. The van der Waals surface area contributed by atoms with Gasteiger partial charge in [0.05, 0.1) is 12.1 Å². The van der Waals surface area contributed by atoms with Crippen LogP contribution in [0.25, 0.3) is 0 Å². The van der Waals surface area contributed by atoms with E-state index in [1.807, 2.05) is 18.2 Å². The van der Waals surface area contributed by atoms with Gasteiger partial charge < -0.3 is 15.4 Å². The van der Waals surface area contributed by atoms with Crippen LogP contribution in [0.2, 0.25) is 0 Å². The lowest BCUT2D eigenvalue weighted by molar-refractivity contribution is 0.0714. The number of aromatic nitrogens is 2. The number of aliphatic hydroxyl groups is 1. The van der Waals surface area contributed by atoms with Crippen LogP contribution in [0.15, 0.2) is 36.7 Å². The lowest BCUT2D eigenvalue weighted by atomic mass is 9.98. The third-order valence-corrected chi connectivity index (χ3v) is 3.19. The largest absolute Gasteiger partial charge is 0.390 e. The van der Waals surface area contributed by atoms with Gasteiger partial charge >= 0.3 is 0 Å². The molecule has 112 valence electrons. The van der Waals surface area contributed by atoms with Gasteiger partial charge in [-0.3, -0.25) is 4.79 Å². The normalized spacial score (nSPS) is 11.4. The summed E-state index contributed by atoms with van der Waals surface area (Å²) in [6, 6.07) is 7.48. The van der Waals surface area contributed by atoms with Gasteiger partial charge in [-0.05, 0) is 44.4 Å². The molecule has 0 bridgehead atoms. The van der Waals surface area contributed by atoms with E-state index in [1.165, 1.54) is 0 Å². The van der Waals surface area contributed by atoms with Gasteiger partial charge in [-0.25, -0.2) is 4.98 Å². The van der Waals surface area contributed by atoms with E-state index in [0.717, 1.165) is 17.8 Å². The van der Waals surface area contributed by atoms with Crippen molar-refractivity contribution in [3.05, 3.63) is 53.6 Å². The maximum Gasteiger partial charge on any atom is 0.251 e. The summed E-state index contributed by atoms with van der Waals surface area (Å²) in [6.45, 7) is 3.94. The van der Waals surface area contributed by atoms with Crippen LogP contribution in [0.5, 0.6) is 0 Å². The minimum absolute atomic E-state index is 0.128. The lowest BCUT2D eigenvalue weighted by Crippen LogP contribution is -2.23. The Labute approximate surface area is 124 Å². The third kappa shape index (κ3) is 5.04. The number of H-pyrrole nitrogens is 1. The molecule has 0 saturated carbocycles. The zero-order chi connectivity index (χ0) is 15.3.